The maximum atomic E-state index is 12.3. The Balaban J connectivity index is 1.02. The number of anilines is 1. The first kappa shape index (κ1) is 22.8. The standard InChI is InChI=1S/C27H33ClN6O/c28-24-14-18(23-16-30-26-22(23)2-1-11-29-26)15-25(33-24)32-20-7-5-19(6-8-20)31-21-9-12-34(13-10-21)27(35)17-3-4-17/h1-2,11,14-17,19-21,31H,3-10,12-13H2,(H,29,30)(H,32,33). The number of rotatable bonds is 6. The Bertz CT molecular complexity index is 1190. The third kappa shape index (κ3) is 5.16. The van der Waals surface area contributed by atoms with E-state index in [1.165, 1.54) is 0 Å². The highest BCUT2D eigenvalue weighted by Crippen LogP contribution is 2.33. The van der Waals surface area contributed by atoms with Crippen molar-refractivity contribution < 1.29 is 4.79 Å². The van der Waals surface area contributed by atoms with E-state index in [1.54, 1.807) is 6.20 Å². The monoisotopic (exact) mass is 492 g/mol. The lowest BCUT2D eigenvalue weighted by atomic mass is 9.89. The maximum Gasteiger partial charge on any atom is 0.225 e. The number of aromatic nitrogens is 3. The van der Waals surface area contributed by atoms with Crippen molar-refractivity contribution in [2.75, 3.05) is 18.4 Å². The number of hydrogen-bond donors (Lipinski definition) is 3. The van der Waals surface area contributed by atoms with E-state index in [9.17, 15) is 4.79 Å². The summed E-state index contributed by atoms with van der Waals surface area (Å²) >= 11 is 6.41. The molecule has 3 aromatic rings. The molecule has 184 valence electrons. The lowest BCUT2D eigenvalue weighted by Crippen LogP contribution is -2.49. The fourth-order valence-electron chi connectivity index (χ4n) is 5.72. The average molecular weight is 493 g/mol. The SMILES string of the molecule is O=C(C1CC1)N1CCC(NC2CCC(Nc3cc(-c4c[nH]c5ncccc45)cc(Cl)n3)CC2)CC1. The number of H-pyrrole nitrogens is 1. The molecule has 3 fully saturated rings. The second-order valence-corrected chi connectivity index (χ2v) is 10.8. The number of hydrogen-bond acceptors (Lipinski definition) is 5. The smallest absolute Gasteiger partial charge is 0.225 e. The van der Waals surface area contributed by atoms with Gasteiger partial charge in [0.15, 0.2) is 0 Å². The maximum absolute atomic E-state index is 12.3. The van der Waals surface area contributed by atoms with Gasteiger partial charge in [-0.25, -0.2) is 9.97 Å². The van der Waals surface area contributed by atoms with E-state index in [-0.39, 0.29) is 0 Å². The molecule has 3 aliphatic rings. The van der Waals surface area contributed by atoms with Crippen molar-refractivity contribution in [3.63, 3.8) is 0 Å². The Morgan fingerprint density at radius 1 is 1.00 bits per heavy atom. The van der Waals surface area contributed by atoms with E-state index in [0.29, 0.717) is 35.1 Å². The van der Waals surface area contributed by atoms with Crippen molar-refractivity contribution in [2.24, 2.45) is 5.92 Å². The number of amides is 1. The Morgan fingerprint density at radius 2 is 1.74 bits per heavy atom. The predicted molar refractivity (Wildman–Crippen MR) is 139 cm³/mol. The Morgan fingerprint density at radius 3 is 2.51 bits per heavy atom. The molecule has 1 saturated heterocycles. The van der Waals surface area contributed by atoms with Gasteiger partial charge in [-0.05, 0) is 81.2 Å². The van der Waals surface area contributed by atoms with Crippen LogP contribution in [-0.2, 0) is 4.79 Å². The quantitative estimate of drug-likeness (QED) is 0.422. The van der Waals surface area contributed by atoms with Gasteiger partial charge in [-0.15, -0.1) is 0 Å². The molecule has 4 heterocycles. The number of aromatic amines is 1. The summed E-state index contributed by atoms with van der Waals surface area (Å²) in [7, 11) is 0. The van der Waals surface area contributed by atoms with Crippen molar-refractivity contribution >= 4 is 34.4 Å². The van der Waals surface area contributed by atoms with E-state index >= 15 is 0 Å². The molecule has 0 bridgehead atoms. The summed E-state index contributed by atoms with van der Waals surface area (Å²) in [5.41, 5.74) is 2.99. The topological polar surface area (TPSA) is 85.9 Å². The largest absolute Gasteiger partial charge is 0.367 e. The zero-order chi connectivity index (χ0) is 23.8. The summed E-state index contributed by atoms with van der Waals surface area (Å²) in [6, 6.07) is 9.51. The van der Waals surface area contributed by atoms with Gasteiger partial charge in [0.2, 0.25) is 5.91 Å². The highest BCUT2D eigenvalue weighted by Gasteiger charge is 2.35. The van der Waals surface area contributed by atoms with Crippen molar-refractivity contribution in [1.82, 2.24) is 25.2 Å². The Hall–Kier alpha value is -2.64. The molecule has 6 rings (SSSR count). The summed E-state index contributed by atoms with van der Waals surface area (Å²) in [5.74, 6) is 1.57. The molecule has 1 amide bonds. The first-order valence-electron chi connectivity index (χ1n) is 13.0. The Kier molecular flexibility index (Phi) is 6.37. The normalized spacial score (nSPS) is 23.5. The number of piperidine rings is 1. The summed E-state index contributed by atoms with van der Waals surface area (Å²) in [6.45, 7) is 1.83. The molecule has 0 radical (unpaired) electrons. The number of nitrogens with zero attached hydrogens (tertiary/aromatic N) is 3. The van der Waals surface area contributed by atoms with Crippen LogP contribution in [0.15, 0.2) is 36.7 Å². The average Bonchev–Trinajstić information content (AvgIpc) is 3.63. The number of nitrogens with one attached hydrogen (secondary N) is 3. The van der Waals surface area contributed by atoms with Crippen molar-refractivity contribution in [2.45, 2.75) is 69.5 Å². The summed E-state index contributed by atoms with van der Waals surface area (Å²) in [5, 5.41) is 9.10. The molecule has 0 unspecified atom stereocenters. The van der Waals surface area contributed by atoms with Crippen LogP contribution in [0, 0.1) is 5.92 Å². The number of halogens is 1. The van der Waals surface area contributed by atoms with E-state index in [2.05, 4.69) is 42.6 Å². The zero-order valence-corrected chi connectivity index (χ0v) is 20.7. The summed E-state index contributed by atoms with van der Waals surface area (Å²) in [6.07, 6.45) is 12.6. The van der Waals surface area contributed by atoms with Gasteiger partial charge >= 0.3 is 0 Å². The molecule has 0 spiro atoms. The third-order valence-corrected chi connectivity index (χ3v) is 8.03. The van der Waals surface area contributed by atoms with Crippen molar-refractivity contribution in [1.29, 1.82) is 0 Å². The molecule has 8 heteroatoms. The van der Waals surface area contributed by atoms with Crippen LogP contribution < -0.4 is 10.6 Å². The van der Waals surface area contributed by atoms with Crippen LogP contribution in [0.5, 0.6) is 0 Å². The van der Waals surface area contributed by atoms with E-state index < -0.39 is 0 Å². The molecule has 0 aromatic carbocycles. The molecule has 2 saturated carbocycles. The summed E-state index contributed by atoms with van der Waals surface area (Å²) < 4.78 is 0. The third-order valence-electron chi connectivity index (χ3n) is 7.84. The molecule has 0 atom stereocenters. The number of likely N-dealkylation sites (tertiary alicyclic amines) is 1. The van der Waals surface area contributed by atoms with Gasteiger partial charge in [0, 0.05) is 60.5 Å². The van der Waals surface area contributed by atoms with Crippen LogP contribution in [-0.4, -0.2) is 57.0 Å². The minimum Gasteiger partial charge on any atom is -0.367 e. The molecular weight excluding hydrogens is 460 g/mol. The Labute approximate surface area is 211 Å². The first-order valence-corrected chi connectivity index (χ1v) is 13.4. The molecule has 3 N–H and O–H groups in total. The van der Waals surface area contributed by atoms with Gasteiger partial charge in [-0.2, -0.15) is 0 Å². The molecule has 7 nitrogen and oxygen atoms in total. The van der Waals surface area contributed by atoms with Gasteiger partial charge in [0.25, 0.3) is 0 Å². The van der Waals surface area contributed by atoms with E-state index in [0.717, 1.165) is 92.4 Å². The molecule has 2 aliphatic carbocycles. The number of pyridine rings is 2. The highest BCUT2D eigenvalue weighted by molar-refractivity contribution is 6.29. The van der Waals surface area contributed by atoms with E-state index in [1.807, 2.05) is 18.3 Å². The fourth-order valence-corrected chi connectivity index (χ4v) is 5.93. The highest BCUT2D eigenvalue weighted by atomic mass is 35.5. The molecule has 1 aliphatic heterocycles. The van der Waals surface area contributed by atoms with Gasteiger partial charge in [-0.1, -0.05) is 11.6 Å². The number of carbonyl (C=O) groups is 1. The summed E-state index contributed by atoms with van der Waals surface area (Å²) in [4.78, 5) is 26.6. The lowest BCUT2D eigenvalue weighted by Gasteiger charge is -2.37. The van der Waals surface area contributed by atoms with Crippen LogP contribution in [0.4, 0.5) is 5.82 Å². The predicted octanol–water partition coefficient (Wildman–Crippen LogP) is 4.99. The molecule has 3 aromatic heterocycles. The number of fused-ring (bicyclic) bond motifs is 1. The first-order chi connectivity index (χ1) is 17.1. The van der Waals surface area contributed by atoms with Crippen LogP contribution >= 0.6 is 11.6 Å². The van der Waals surface area contributed by atoms with Gasteiger partial charge in [0.05, 0.1) is 0 Å². The number of carbonyl (C=O) groups excluding carboxylic acids is 1. The van der Waals surface area contributed by atoms with Gasteiger partial charge in [0.1, 0.15) is 16.6 Å². The van der Waals surface area contributed by atoms with Crippen LogP contribution in [0.2, 0.25) is 5.15 Å². The molecular formula is C27H33ClN6O. The lowest BCUT2D eigenvalue weighted by molar-refractivity contribution is -0.133. The minimum atomic E-state index is 0.340. The van der Waals surface area contributed by atoms with Crippen molar-refractivity contribution in [3.8, 4) is 11.1 Å². The minimum absolute atomic E-state index is 0.340. The van der Waals surface area contributed by atoms with Crippen LogP contribution in [0.1, 0.15) is 51.4 Å². The van der Waals surface area contributed by atoms with Crippen LogP contribution in [0.3, 0.4) is 0 Å². The fraction of sp³-hybridized carbons (Fsp3) is 0.519. The van der Waals surface area contributed by atoms with Crippen LogP contribution in [0.25, 0.3) is 22.2 Å². The van der Waals surface area contributed by atoms with Crippen molar-refractivity contribution in [3.05, 3.63) is 41.8 Å². The zero-order valence-electron chi connectivity index (χ0n) is 20.0. The molecule has 35 heavy (non-hydrogen) atoms. The second-order valence-electron chi connectivity index (χ2n) is 10.4. The second kappa shape index (κ2) is 9.78. The van der Waals surface area contributed by atoms with Gasteiger partial charge in [-0.3, -0.25) is 4.79 Å². The van der Waals surface area contributed by atoms with Gasteiger partial charge < -0.3 is 20.5 Å². The van der Waals surface area contributed by atoms with E-state index in [4.69, 9.17) is 11.6 Å².